The van der Waals surface area contributed by atoms with E-state index in [0.29, 0.717) is 5.57 Å². The SMILES string of the molecule is CC/C(C)=C1/C(=O)OC(=O)C1C(C)(C)CC. The summed E-state index contributed by atoms with van der Waals surface area (Å²) < 4.78 is 4.76. The molecule has 0 aromatic heterocycles. The van der Waals surface area contributed by atoms with Crippen LogP contribution in [0.2, 0.25) is 0 Å². The normalized spacial score (nSPS) is 24.7. The molecule has 3 heteroatoms. The van der Waals surface area contributed by atoms with Gasteiger partial charge in [0.05, 0.1) is 11.5 Å². The van der Waals surface area contributed by atoms with Crippen LogP contribution < -0.4 is 0 Å². The Labute approximate surface area is 96.9 Å². The summed E-state index contributed by atoms with van der Waals surface area (Å²) in [5.41, 5.74) is 1.32. The van der Waals surface area contributed by atoms with Gasteiger partial charge in [-0.05, 0) is 25.2 Å². The third-order valence-corrected chi connectivity index (χ3v) is 3.62. The van der Waals surface area contributed by atoms with Crippen LogP contribution in [0.1, 0.15) is 47.5 Å². The number of rotatable bonds is 3. The van der Waals surface area contributed by atoms with Gasteiger partial charge >= 0.3 is 11.9 Å². The van der Waals surface area contributed by atoms with E-state index in [0.717, 1.165) is 18.4 Å². The minimum absolute atomic E-state index is 0.227. The molecule has 0 N–H and O–H groups in total. The lowest BCUT2D eigenvalue weighted by Crippen LogP contribution is -2.28. The maximum Gasteiger partial charge on any atom is 0.342 e. The highest BCUT2D eigenvalue weighted by molar-refractivity contribution is 6.08. The molecular weight excluding hydrogens is 204 g/mol. The fraction of sp³-hybridized carbons (Fsp3) is 0.692. The molecule has 1 atom stereocenters. The highest BCUT2D eigenvalue weighted by Gasteiger charge is 2.47. The van der Waals surface area contributed by atoms with Crippen LogP contribution in [0.3, 0.4) is 0 Å². The Balaban J connectivity index is 3.25. The van der Waals surface area contributed by atoms with Gasteiger partial charge in [0.2, 0.25) is 0 Å². The lowest BCUT2D eigenvalue weighted by molar-refractivity contribution is -0.153. The van der Waals surface area contributed by atoms with Crippen molar-refractivity contribution >= 4 is 11.9 Å². The molecule has 0 radical (unpaired) electrons. The first kappa shape index (κ1) is 12.9. The molecule has 0 bridgehead atoms. The van der Waals surface area contributed by atoms with Crippen molar-refractivity contribution in [1.29, 1.82) is 0 Å². The van der Waals surface area contributed by atoms with Crippen molar-refractivity contribution in [2.75, 3.05) is 0 Å². The number of carbonyl (C=O) groups is 2. The van der Waals surface area contributed by atoms with Crippen molar-refractivity contribution in [1.82, 2.24) is 0 Å². The minimum Gasteiger partial charge on any atom is -0.389 e. The van der Waals surface area contributed by atoms with Gasteiger partial charge < -0.3 is 4.74 Å². The number of cyclic esters (lactones) is 2. The van der Waals surface area contributed by atoms with Crippen LogP contribution in [0, 0.1) is 11.3 Å². The minimum atomic E-state index is -0.448. The molecule has 16 heavy (non-hydrogen) atoms. The largest absolute Gasteiger partial charge is 0.389 e. The van der Waals surface area contributed by atoms with Gasteiger partial charge in [-0.1, -0.05) is 33.3 Å². The van der Waals surface area contributed by atoms with Crippen molar-refractivity contribution in [3.8, 4) is 0 Å². The summed E-state index contributed by atoms with van der Waals surface area (Å²) in [6.45, 7) is 9.90. The van der Waals surface area contributed by atoms with E-state index in [9.17, 15) is 9.59 Å². The summed E-state index contributed by atoms with van der Waals surface area (Å²) in [7, 11) is 0. The van der Waals surface area contributed by atoms with Crippen LogP contribution in [0.5, 0.6) is 0 Å². The summed E-state index contributed by atoms with van der Waals surface area (Å²) in [6.07, 6.45) is 1.61. The molecular formula is C13H20O3. The summed E-state index contributed by atoms with van der Waals surface area (Å²) in [5.74, 6) is -1.24. The predicted octanol–water partition coefficient (Wildman–Crippen LogP) is 2.85. The second-order valence-corrected chi connectivity index (χ2v) is 5.03. The number of carbonyl (C=O) groups excluding carboxylic acids is 2. The monoisotopic (exact) mass is 224 g/mol. The molecule has 1 aliphatic rings. The molecule has 1 heterocycles. The van der Waals surface area contributed by atoms with Gasteiger partial charge in [-0.15, -0.1) is 0 Å². The van der Waals surface area contributed by atoms with E-state index in [-0.39, 0.29) is 11.4 Å². The van der Waals surface area contributed by atoms with Crippen LogP contribution in [-0.2, 0) is 14.3 Å². The molecule has 1 rings (SSSR count). The highest BCUT2D eigenvalue weighted by atomic mass is 16.6. The van der Waals surface area contributed by atoms with Gasteiger partial charge in [0, 0.05) is 0 Å². The van der Waals surface area contributed by atoms with Gasteiger partial charge in [-0.25, -0.2) is 4.79 Å². The topological polar surface area (TPSA) is 43.4 Å². The van der Waals surface area contributed by atoms with Crippen LogP contribution in [0.15, 0.2) is 11.1 Å². The Bertz CT molecular complexity index is 350. The summed E-state index contributed by atoms with van der Waals surface area (Å²) >= 11 is 0. The predicted molar refractivity (Wildman–Crippen MR) is 61.7 cm³/mol. The Morgan fingerprint density at radius 1 is 1.31 bits per heavy atom. The molecule has 1 fully saturated rings. The van der Waals surface area contributed by atoms with Gasteiger partial charge in [-0.2, -0.15) is 0 Å². The summed E-state index contributed by atoms with van der Waals surface area (Å²) in [5, 5.41) is 0. The van der Waals surface area contributed by atoms with E-state index in [1.165, 1.54) is 0 Å². The molecule has 3 nitrogen and oxygen atoms in total. The quantitative estimate of drug-likeness (QED) is 0.420. The molecule has 1 unspecified atom stereocenters. The average Bonchev–Trinajstić information content (AvgIpc) is 2.53. The first-order valence-corrected chi connectivity index (χ1v) is 5.80. The van der Waals surface area contributed by atoms with E-state index in [2.05, 4.69) is 0 Å². The third kappa shape index (κ3) is 2.04. The fourth-order valence-corrected chi connectivity index (χ4v) is 1.97. The van der Waals surface area contributed by atoms with Crippen molar-refractivity contribution in [2.24, 2.45) is 11.3 Å². The number of esters is 2. The van der Waals surface area contributed by atoms with E-state index in [1.54, 1.807) is 0 Å². The maximum atomic E-state index is 11.7. The Kier molecular flexibility index (Phi) is 3.56. The van der Waals surface area contributed by atoms with Crippen molar-refractivity contribution in [2.45, 2.75) is 47.5 Å². The van der Waals surface area contributed by atoms with E-state index >= 15 is 0 Å². The summed E-state index contributed by atoms with van der Waals surface area (Å²) in [6, 6.07) is 0. The zero-order valence-electron chi connectivity index (χ0n) is 10.7. The number of ether oxygens (including phenoxy) is 1. The van der Waals surface area contributed by atoms with Crippen molar-refractivity contribution in [3.63, 3.8) is 0 Å². The maximum absolute atomic E-state index is 11.7. The van der Waals surface area contributed by atoms with Crippen molar-refractivity contribution < 1.29 is 14.3 Å². The lowest BCUT2D eigenvalue weighted by Gasteiger charge is -2.28. The molecule has 0 aromatic carbocycles. The molecule has 1 saturated heterocycles. The number of hydrogen-bond donors (Lipinski definition) is 0. The van der Waals surface area contributed by atoms with Crippen LogP contribution >= 0.6 is 0 Å². The number of hydrogen-bond acceptors (Lipinski definition) is 3. The zero-order valence-corrected chi connectivity index (χ0v) is 10.7. The first-order chi connectivity index (χ1) is 7.35. The Morgan fingerprint density at radius 3 is 2.31 bits per heavy atom. The van der Waals surface area contributed by atoms with Gasteiger partial charge in [0.15, 0.2) is 0 Å². The zero-order chi connectivity index (χ0) is 12.5. The van der Waals surface area contributed by atoms with E-state index in [1.807, 2.05) is 34.6 Å². The molecule has 0 aliphatic carbocycles. The molecule has 0 amide bonds. The third-order valence-electron chi connectivity index (χ3n) is 3.62. The molecule has 0 aromatic rings. The highest BCUT2D eigenvalue weighted by Crippen LogP contribution is 2.42. The molecule has 0 saturated carbocycles. The Hall–Kier alpha value is -1.12. The smallest absolute Gasteiger partial charge is 0.342 e. The van der Waals surface area contributed by atoms with Crippen molar-refractivity contribution in [3.05, 3.63) is 11.1 Å². The van der Waals surface area contributed by atoms with Gasteiger partial charge in [0.1, 0.15) is 0 Å². The lowest BCUT2D eigenvalue weighted by atomic mass is 9.72. The average molecular weight is 224 g/mol. The van der Waals surface area contributed by atoms with E-state index < -0.39 is 11.9 Å². The second kappa shape index (κ2) is 4.40. The summed E-state index contributed by atoms with van der Waals surface area (Å²) in [4.78, 5) is 23.4. The van der Waals surface area contributed by atoms with E-state index in [4.69, 9.17) is 4.74 Å². The first-order valence-electron chi connectivity index (χ1n) is 5.80. The van der Waals surface area contributed by atoms with Crippen LogP contribution in [0.25, 0.3) is 0 Å². The Morgan fingerprint density at radius 2 is 1.88 bits per heavy atom. The second-order valence-electron chi connectivity index (χ2n) is 5.03. The fourth-order valence-electron chi connectivity index (χ4n) is 1.97. The standard InChI is InChI=1S/C13H20O3/c1-6-8(3)9-10(13(4,5)7-2)12(15)16-11(9)14/h10H,6-7H2,1-5H3/b9-8+. The molecule has 1 aliphatic heterocycles. The number of allylic oxidation sites excluding steroid dienone is 1. The van der Waals surface area contributed by atoms with Gasteiger partial charge in [0.25, 0.3) is 0 Å². The van der Waals surface area contributed by atoms with Crippen LogP contribution in [0.4, 0.5) is 0 Å². The van der Waals surface area contributed by atoms with Gasteiger partial charge in [-0.3, -0.25) is 4.79 Å². The van der Waals surface area contributed by atoms with Crippen LogP contribution in [-0.4, -0.2) is 11.9 Å². The molecule has 0 spiro atoms. The molecule has 90 valence electrons.